The van der Waals surface area contributed by atoms with Crippen LogP contribution >= 0.6 is 11.8 Å². The van der Waals surface area contributed by atoms with Gasteiger partial charge >= 0.3 is 0 Å². The molecule has 0 aliphatic carbocycles. The van der Waals surface area contributed by atoms with Crippen LogP contribution in [0, 0.1) is 0 Å². The van der Waals surface area contributed by atoms with Crippen LogP contribution in [0.1, 0.15) is 20.8 Å². The van der Waals surface area contributed by atoms with Gasteiger partial charge in [0.25, 0.3) is 0 Å². The molecule has 1 N–H and O–H groups in total. The summed E-state index contributed by atoms with van der Waals surface area (Å²) in [4.78, 5) is 10.9. The fourth-order valence-electron chi connectivity index (χ4n) is 0.425. The summed E-state index contributed by atoms with van der Waals surface area (Å²) >= 11 is 1.70. The first kappa shape index (κ1) is 10.6. The molecule has 64 valence electrons. The van der Waals surface area contributed by atoms with E-state index in [2.05, 4.69) is 25.7 Å². The number of amides is 1. The van der Waals surface area contributed by atoms with Gasteiger partial charge in [-0.1, -0.05) is 20.4 Å². The molecule has 0 aromatic heterocycles. The molecule has 0 rings (SSSR count). The average Bonchev–Trinajstić information content (AvgIpc) is 1.86. The standard InChI is InChI=1S/C8H15NOS/c1-6(2)8(10)9-5-11-7(3)4/h7H,1,5H2,2-4H3,(H,9,10). The van der Waals surface area contributed by atoms with Crippen LogP contribution in [-0.2, 0) is 4.79 Å². The van der Waals surface area contributed by atoms with Gasteiger partial charge in [-0.2, -0.15) is 0 Å². The predicted octanol–water partition coefficient (Wildman–Crippen LogP) is 1.78. The molecule has 2 nitrogen and oxygen atoms in total. The maximum absolute atomic E-state index is 10.9. The highest BCUT2D eigenvalue weighted by Crippen LogP contribution is 2.06. The summed E-state index contributed by atoms with van der Waals surface area (Å²) in [7, 11) is 0. The molecule has 0 fully saturated rings. The Labute approximate surface area is 72.4 Å². The number of nitrogens with one attached hydrogen (secondary N) is 1. The van der Waals surface area contributed by atoms with Crippen molar-refractivity contribution in [1.82, 2.24) is 5.32 Å². The Morgan fingerprint density at radius 2 is 2.18 bits per heavy atom. The maximum atomic E-state index is 10.9. The number of rotatable bonds is 4. The van der Waals surface area contributed by atoms with Crippen LogP contribution in [0.2, 0.25) is 0 Å². The van der Waals surface area contributed by atoms with Gasteiger partial charge in [0, 0.05) is 10.8 Å². The van der Waals surface area contributed by atoms with Gasteiger partial charge < -0.3 is 5.32 Å². The van der Waals surface area contributed by atoms with E-state index in [0.29, 0.717) is 16.7 Å². The second-order valence-corrected chi connectivity index (χ2v) is 4.21. The minimum atomic E-state index is -0.0573. The molecule has 0 aromatic rings. The third-order valence-corrected chi connectivity index (χ3v) is 2.01. The van der Waals surface area contributed by atoms with Crippen molar-refractivity contribution >= 4 is 17.7 Å². The van der Waals surface area contributed by atoms with Gasteiger partial charge in [0.15, 0.2) is 0 Å². The smallest absolute Gasteiger partial charge is 0.246 e. The van der Waals surface area contributed by atoms with Crippen molar-refractivity contribution in [2.24, 2.45) is 0 Å². The van der Waals surface area contributed by atoms with E-state index < -0.39 is 0 Å². The third-order valence-electron chi connectivity index (χ3n) is 1.04. The molecule has 1 amide bonds. The Balaban J connectivity index is 3.40. The van der Waals surface area contributed by atoms with Crippen LogP contribution < -0.4 is 5.32 Å². The van der Waals surface area contributed by atoms with Gasteiger partial charge in [-0.3, -0.25) is 4.79 Å². The lowest BCUT2D eigenvalue weighted by atomic mass is 10.3. The van der Waals surface area contributed by atoms with Crippen molar-refractivity contribution < 1.29 is 4.79 Å². The molecule has 0 atom stereocenters. The van der Waals surface area contributed by atoms with Gasteiger partial charge in [0.2, 0.25) is 5.91 Å². The lowest BCUT2D eigenvalue weighted by Crippen LogP contribution is -2.23. The van der Waals surface area contributed by atoms with Crippen LogP contribution in [0.5, 0.6) is 0 Å². The highest BCUT2D eigenvalue weighted by Gasteiger charge is 2.00. The van der Waals surface area contributed by atoms with Gasteiger partial charge in [0.1, 0.15) is 0 Å². The zero-order valence-corrected chi connectivity index (χ0v) is 8.12. The Kier molecular flexibility index (Phi) is 5.03. The molecule has 0 unspecified atom stereocenters. The Morgan fingerprint density at radius 3 is 2.55 bits per heavy atom. The lowest BCUT2D eigenvalue weighted by molar-refractivity contribution is -0.117. The van der Waals surface area contributed by atoms with Crippen molar-refractivity contribution in [3.8, 4) is 0 Å². The highest BCUT2D eigenvalue weighted by atomic mass is 32.2. The molecular weight excluding hydrogens is 158 g/mol. The van der Waals surface area contributed by atoms with Crippen LogP contribution in [0.4, 0.5) is 0 Å². The van der Waals surface area contributed by atoms with E-state index in [1.54, 1.807) is 18.7 Å². The summed E-state index contributed by atoms with van der Waals surface area (Å²) in [6, 6.07) is 0. The van der Waals surface area contributed by atoms with E-state index in [1.807, 2.05) is 0 Å². The summed E-state index contributed by atoms with van der Waals surface area (Å²) in [5.74, 6) is 0.613. The van der Waals surface area contributed by atoms with Crippen LogP contribution in [0.15, 0.2) is 12.2 Å². The van der Waals surface area contributed by atoms with Crippen molar-refractivity contribution in [3.63, 3.8) is 0 Å². The number of hydrogen-bond donors (Lipinski definition) is 1. The quantitative estimate of drug-likeness (QED) is 0.518. The maximum Gasteiger partial charge on any atom is 0.246 e. The average molecular weight is 173 g/mol. The molecule has 11 heavy (non-hydrogen) atoms. The SMILES string of the molecule is C=C(C)C(=O)NCSC(C)C. The first-order chi connectivity index (χ1) is 5.04. The summed E-state index contributed by atoms with van der Waals surface area (Å²) in [6.07, 6.45) is 0. The molecule has 0 saturated carbocycles. The molecule has 0 saturated heterocycles. The predicted molar refractivity (Wildman–Crippen MR) is 50.6 cm³/mol. The van der Waals surface area contributed by atoms with Gasteiger partial charge in [-0.25, -0.2) is 0 Å². The second kappa shape index (κ2) is 5.24. The first-order valence-corrected chi connectivity index (χ1v) is 4.64. The van der Waals surface area contributed by atoms with Crippen molar-refractivity contribution in [1.29, 1.82) is 0 Å². The third kappa shape index (κ3) is 5.98. The second-order valence-electron chi connectivity index (χ2n) is 2.65. The van der Waals surface area contributed by atoms with Crippen molar-refractivity contribution in [3.05, 3.63) is 12.2 Å². The minimum absolute atomic E-state index is 0.0573. The van der Waals surface area contributed by atoms with Gasteiger partial charge in [-0.05, 0) is 6.92 Å². The van der Waals surface area contributed by atoms with E-state index >= 15 is 0 Å². The number of hydrogen-bond acceptors (Lipinski definition) is 2. The molecule has 0 aromatic carbocycles. The lowest BCUT2D eigenvalue weighted by Gasteiger charge is -2.05. The first-order valence-electron chi connectivity index (χ1n) is 3.59. The van der Waals surface area contributed by atoms with E-state index in [1.165, 1.54) is 0 Å². The molecule has 0 aliphatic rings. The van der Waals surface area contributed by atoms with Crippen LogP contribution in [-0.4, -0.2) is 17.0 Å². The molecule has 0 heterocycles. The summed E-state index contributed by atoms with van der Waals surface area (Å²) in [5.41, 5.74) is 0.564. The minimum Gasteiger partial charge on any atom is -0.343 e. The van der Waals surface area contributed by atoms with Gasteiger partial charge in [0.05, 0.1) is 5.88 Å². The Morgan fingerprint density at radius 1 is 1.64 bits per heavy atom. The van der Waals surface area contributed by atoms with Crippen LogP contribution in [0.25, 0.3) is 0 Å². The summed E-state index contributed by atoms with van der Waals surface area (Å²) in [6.45, 7) is 9.42. The number of thioether (sulfide) groups is 1. The molecule has 0 bridgehead atoms. The normalized spacial score (nSPS) is 9.82. The largest absolute Gasteiger partial charge is 0.343 e. The van der Waals surface area contributed by atoms with E-state index in [9.17, 15) is 4.79 Å². The Hall–Kier alpha value is -0.440. The summed E-state index contributed by atoms with van der Waals surface area (Å²) in [5, 5.41) is 3.29. The fourth-order valence-corrected chi connectivity index (χ4v) is 0.973. The fraction of sp³-hybridized carbons (Fsp3) is 0.625. The molecule has 3 heteroatoms. The van der Waals surface area contributed by atoms with Crippen molar-refractivity contribution in [2.75, 3.05) is 5.88 Å². The zero-order chi connectivity index (χ0) is 8.85. The van der Waals surface area contributed by atoms with E-state index in [4.69, 9.17) is 0 Å². The van der Waals surface area contributed by atoms with Crippen LogP contribution in [0.3, 0.4) is 0 Å². The monoisotopic (exact) mass is 173 g/mol. The topological polar surface area (TPSA) is 29.1 Å². The number of carbonyl (C=O) groups is 1. The van der Waals surface area contributed by atoms with E-state index in [0.717, 1.165) is 0 Å². The number of carbonyl (C=O) groups excluding carboxylic acids is 1. The molecular formula is C8H15NOS. The molecule has 0 aliphatic heterocycles. The summed E-state index contributed by atoms with van der Waals surface area (Å²) < 4.78 is 0. The molecule has 0 radical (unpaired) electrons. The zero-order valence-electron chi connectivity index (χ0n) is 7.31. The van der Waals surface area contributed by atoms with Crippen molar-refractivity contribution in [2.45, 2.75) is 26.0 Å². The Bertz CT molecular complexity index is 154. The molecule has 0 spiro atoms. The van der Waals surface area contributed by atoms with E-state index in [-0.39, 0.29) is 5.91 Å². The highest BCUT2D eigenvalue weighted by molar-refractivity contribution is 7.99. The van der Waals surface area contributed by atoms with Gasteiger partial charge in [-0.15, -0.1) is 11.8 Å².